The highest BCUT2D eigenvalue weighted by Gasteiger charge is 2.28. The largest absolute Gasteiger partial charge is 0.352 e. The molecule has 1 aliphatic heterocycles. The van der Waals surface area contributed by atoms with E-state index in [9.17, 15) is 9.59 Å². The van der Waals surface area contributed by atoms with Crippen LogP contribution in [-0.4, -0.2) is 25.0 Å². The minimum absolute atomic E-state index is 0.0622. The third-order valence-corrected chi connectivity index (χ3v) is 4.55. The van der Waals surface area contributed by atoms with Crippen molar-refractivity contribution in [1.82, 2.24) is 5.32 Å². The van der Waals surface area contributed by atoms with Gasteiger partial charge >= 0.3 is 6.03 Å². The molecule has 3 amide bonds. The second kappa shape index (κ2) is 8.04. The van der Waals surface area contributed by atoms with Crippen LogP contribution in [0.5, 0.6) is 0 Å². The first-order valence-corrected chi connectivity index (χ1v) is 9.10. The van der Waals surface area contributed by atoms with Crippen LogP contribution in [0.4, 0.5) is 16.2 Å². The zero-order valence-electron chi connectivity index (χ0n) is 15.3. The normalized spacial score (nSPS) is 12.8. The van der Waals surface area contributed by atoms with E-state index in [2.05, 4.69) is 24.5 Å². The lowest BCUT2D eigenvalue weighted by Crippen LogP contribution is -2.33. The molecule has 0 bridgehead atoms. The van der Waals surface area contributed by atoms with Gasteiger partial charge in [-0.25, -0.2) is 4.79 Å². The molecule has 2 aromatic carbocycles. The quantitative estimate of drug-likeness (QED) is 0.853. The number of nitrogens with one attached hydrogen (secondary N) is 2. The number of nitrogens with zero attached hydrogens (tertiary/aromatic N) is 1. The number of urea groups is 1. The number of fused-ring (bicyclic) bond motifs is 1. The van der Waals surface area contributed by atoms with Gasteiger partial charge in [-0.15, -0.1) is 0 Å². The standard InChI is InChI=1S/C21H25N3O2/c1-15(2)11-13-22-20(25)18-9-6-10-19-17(18)12-14-24(19)21(26)23-16-7-4-3-5-8-16/h3-10,15H,11-14H2,1-2H3,(H,22,25)(H,23,26). The Morgan fingerprint density at radius 3 is 2.58 bits per heavy atom. The molecule has 0 aromatic heterocycles. The van der Waals surface area contributed by atoms with E-state index in [1.54, 1.807) is 4.90 Å². The smallest absolute Gasteiger partial charge is 0.326 e. The van der Waals surface area contributed by atoms with Crippen LogP contribution in [0.25, 0.3) is 0 Å². The Bertz CT molecular complexity index is 787. The molecule has 0 aliphatic carbocycles. The summed E-state index contributed by atoms with van der Waals surface area (Å²) in [6.07, 6.45) is 1.64. The van der Waals surface area contributed by atoms with Crippen molar-refractivity contribution in [3.05, 3.63) is 59.7 Å². The van der Waals surface area contributed by atoms with E-state index in [1.807, 2.05) is 48.5 Å². The van der Waals surface area contributed by atoms with Crippen LogP contribution < -0.4 is 15.5 Å². The number of hydrogen-bond acceptors (Lipinski definition) is 2. The van der Waals surface area contributed by atoms with E-state index in [-0.39, 0.29) is 11.9 Å². The van der Waals surface area contributed by atoms with Gasteiger partial charge in [0.05, 0.1) is 0 Å². The fourth-order valence-electron chi connectivity index (χ4n) is 3.14. The fourth-order valence-corrected chi connectivity index (χ4v) is 3.14. The molecule has 2 N–H and O–H groups in total. The van der Waals surface area contributed by atoms with Gasteiger partial charge in [0.15, 0.2) is 0 Å². The SMILES string of the molecule is CC(C)CCNC(=O)c1cccc2c1CCN2C(=O)Nc1ccccc1. The number of amides is 3. The molecule has 1 aliphatic rings. The molecule has 0 radical (unpaired) electrons. The lowest BCUT2D eigenvalue weighted by Gasteiger charge is -2.18. The van der Waals surface area contributed by atoms with Crippen molar-refractivity contribution in [2.45, 2.75) is 26.7 Å². The van der Waals surface area contributed by atoms with E-state index in [4.69, 9.17) is 0 Å². The molecule has 2 aromatic rings. The van der Waals surface area contributed by atoms with Crippen LogP contribution in [0.15, 0.2) is 48.5 Å². The Hall–Kier alpha value is -2.82. The number of rotatable bonds is 5. The number of para-hydroxylation sites is 1. The lowest BCUT2D eigenvalue weighted by molar-refractivity contribution is 0.0951. The van der Waals surface area contributed by atoms with Gasteiger partial charge in [-0.3, -0.25) is 9.69 Å². The summed E-state index contributed by atoms with van der Waals surface area (Å²) in [7, 11) is 0. The number of anilines is 2. The zero-order valence-corrected chi connectivity index (χ0v) is 15.3. The zero-order chi connectivity index (χ0) is 18.5. The Morgan fingerprint density at radius 1 is 1.08 bits per heavy atom. The maximum atomic E-state index is 12.6. The highest BCUT2D eigenvalue weighted by atomic mass is 16.2. The van der Waals surface area contributed by atoms with E-state index < -0.39 is 0 Å². The van der Waals surface area contributed by atoms with Crippen molar-refractivity contribution in [3.63, 3.8) is 0 Å². The third-order valence-electron chi connectivity index (χ3n) is 4.55. The highest BCUT2D eigenvalue weighted by Crippen LogP contribution is 2.31. The van der Waals surface area contributed by atoms with Crippen LogP contribution in [0.3, 0.4) is 0 Å². The van der Waals surface area contributed by atoms with Gasteiger partial charge < -0.3 is 10.6 Å². The molecule has 5 heteroatoms. The van der Waals surface area contributed by atoms with Gasteiger partial charge in [0.25, 0.3) is 5.91 Å². The van der Waals surface area contributed by atoms with Crippen molar-refractivity contribution in [3.8, 4) is 0 Å². The van der Waals surface area contributed by atoms with Crippen molar-refractivity contribution >= 4 is 23.3 Å². The molecular formula is C21H25N3O2. The van der Waals surface area contributed by atoms with Gasteiger partial charge in [0, 0.05) is 30.0 Å². The second-order valence-electron chi connectivity index (χ2n) is 6.94. The molecular weight excluding hydrogens is 326 g/mol. The summed E-state index contributed by atoms with van der Waals surface area (Å²) in [5.41, 5.74) is 3.18. The molecule has 0 fully saturated rings. The maximum absolute atomic E-state index is 12.6. The molecule has 26 heavy (non-hydrogen) atoms. The number of carbonyl (C=O) groups is 2. The average molecular weight is 351 g/mol. The summed E-state index contributed by atoms with van der Waals surface area (Å²) in [5.74, 6) is 0.488. The molecule has 0 atom stereocenters. The van der Waals surface area contributed by atoms with Crippen molar-refractivity contribution in [2.75, 3.05) is 23.3 Å². The molecule has 136 valence electrons. The Morgan fingerprint density at radius 2 is 1.85 bits per heavy atom. The number of carbonyl (C=O) groups excluding carboxylic acids is 2. The number of benzene rings is 2. The number of hydrogen-bond donors (Lipinski definition) is 2. The fraction of sp³-hybridized carbons (Fsp3) is 0.333. The summed E-state index contributed by atoms with van der Waals surface area (Å²) in [4.78, 5) is 26.8. The molecule has 3 rings (SSSR count). The van der Waals surface area contributed by atoms with Gasteiger partial charge in [0.2, 0.25) is 0 Å². The van der Waals surface area contributed by atoms with Crippen LogP contribution >= 0.6 is 0 Å². The minimum atomic E-state index is -0.174. The Labute approximate surface area is 154 Å². The summed E-state index contributed by atoms with van der Waals surface area (Å²) < 4.78 is 0. The van der Waals surface area contributed by atoms with Crippen molar-refractivity contribution in [1.29, 1.82) is 0 Å². The first kappa shape index (κ1) is 18.0. The Kier molecular flexibility index (Phi) is 5.56. The van der Waals surface area contributed by atoms with Gasteiger partial charge in [-0.05, 0) is 48.6 Å². The molecule has 0 spiro atoms. The topological polar surface area (TPSA) is 61.4 Å². The monoisotopic (exact) mass is 351 g/mol. The molecule has 0 saturated heterocycles. The van der Waals surface area contributed by atoms with Crippen LogP contribution in [0, 0.1) is 5.92 Å². The maximum Gasteiger partial charge on any atom is 0.326 e. The third kappa shape index (κ3) is 4.04. The van der Waals surface area contributed by atoms with E-state index in [0.29, 0.717) is 31.0 Å². The summed E-state index contributed by atoms with van der Waals surface area (Å²) in [5, 5.41) is 5.89. The second-order valence-corrected chi connectivity index (χ2v) is 6.94. The molecule has 1 heterocycles. The average Bonchev–Trinajstić information content (AvgIpc) is 3.06. The van der Waals surface area contributed by atoms with Gasteiger partial charge in [0.1, 0.15) is 0 Å². The Balaban J connectivity index is 1.73. The first-order chi connectivity index (χ1) is 12.6. The van der Waals surface area contributed by atoms with E-state index in [0.717, 1.165) is 23.4 Å². The molecule has 5 nitrogen and oxygen atoms in total. The van der Waals surface area contributed by atoms with Crippen LogP contribution in [0.1, 0.15) is 36.2 Å². The lowest BCUT2D eigenvalue weighted by atomic mass is 10.0. The van der Waals surface area contributed by atoms with E-state index in [1.165, 1.54) is 0 Å². The van der Waals surface area contributed by atoms with E-state index >= 15 is 0 Å². The summed E-state index contributed by atoms with van der Waals surface area (Å²) in [6.45, 7) is 5.51. The molecule has 0 saturated carbocycles. The van der Waals surface area contributed by atoms with Crippen molar-refractivity contribution in [2.24, 2.45) is 5.92 Å². The van der Waals surface area contributed by atoms with Gasteiger partial charge in [-0.2, -0.15) is 0 Å². The predicted molar refractivity (Wildman–Crippen MR) is 105 cm³/mol. The van der Waals surface area contributed by atoms with Crippen molar-refractivity contribution < 1.29 is 9.59 Å². The summed E-state index contributed by atoms with van der Waals surface area (Å²) >= 11 is 0. The molecule has 0 unspecified atom stereocenters. The van der Waals surface area contributed by atoms with Gasteiger partial charge in [-0.1, -0.05) is 38.1 Å². The summed E-state index contributed by atoms with van der Waals surface area (Å²) in [6, 6.07) is 14.8. The minimum Gasteiger partial charge on any atom is -0.352 e. The highest BCUT2D eigenvalue weighted by molar-refractivity contribution is 6.05. The predicted octanol–water partition coefficient (Wildman–Crippen LogP) is 4.06. The first-order valence-electron chi connectivity index (χ1n) is 9.10. The van der Waals surface area contributed by atoms with Crippen LogP contribution in [0.2, 0.25) is 0 Å². The van der Waals surface area contributed by atoms with Crippen LogP contribution in [-0.2, 0) is 6.42 Å².